The minimum Gasteiger partial charge on any atom is -0.339 e. The summed E-state index contributed by atoms with van der Waals surface area (Å²) in [4.78, 5) is 16.7. The Morgan fingerprint density at radius 2 is 1.78 bits per heavy atom. The molecule has 27 heavy (non-hydrogen) atoms. The van der Waals surface area contributed by atoms with Crippen molar-refractivity contribution in [3.63, 3.8) is 0 Å². The normalized spacial score (nSPS) is 22.5. The molecule has 5 nitrogen and oxygen atoms in total. The van der Waals surface area contributed by atoms with Crippen LogP contribution in [0.3, 0.4) is 0 Å². The van der Waals surface area contributed by atoms with Crippen molar-refractivity contribution in [3.05, 3.63) is 17.0 Å². The molecule has 0 spiro atoms. The van der Waals surface area contributed by atoms with Gasteiger partial charge in [-0.05, 0) is 59.4 Å². The molecule has 3 rings (SSSR count). The molecule has 2 saturated heterocycles. The fourth-order valence-electron chi connectivity index (χ4n) is 4.24. The molecule has 152 valence electrons. The highest BCUT2D eigenvalue weighted by Gasteiger charge is 2.43. The summed E-state index contributed by atoms with van der Waals surface area (Å²) >= 11 is 0. The van der Waals surface area contributed by atoms with E-state index in [0.717, 1.165) is 38.6 Å². The molecule has 1 amide bonds. The number of likely N-dealkylation sites (tertiary alicyclic amines) is 2. The quantitative estimate of drug-likeness (QED) is 0.792. The molecule has 2 aliphatic rings. The number of amides is 1. The van der Waals surface area contributed by atoms with E-state index in [0.29, 0.717) is 31.4 Å². The van der Waals surface area contributed by atoms with Crippen LogP contribution in [0, 0.1) is 6.92 Å². The average molecular weight is 386 g/mol. The van der Waals surface area contributed by atoms with E-state index < -0.39 is 17.8 Å². The molecule has 0 aromatic carbocycles. The summed E-state index contributed by atoms with van der Waals surface area (Å²) < 4.78 is 42.5. The summed E-state index contributed by atoms with van der Waals surface area (Å²) in [6.07, 6.45) is -0.248. The highest BCUT2D eigenvalue weighted by molar-refractivity contribution is 5.96. The van der Waals surface area contributed by atoms with Gasteiger partial charge in [0.25, 0.3) is 5.91 Å². The maximum atomic E-state index is 13.7. The third kappa shape index (κ3) is 4.15. The first kappa shape index (κ1) is 20.2. The number of halogens is 3. The van der Waals surface area contributed by atoms with Gasteiger partial charge in [-0.25, -0.2) is 0 Å². The lowest BCUT2D eigenvalue weighted by Crippen LogP contribution is -2.41. The molecule has 8 heteroatoms. The monoisotopic (exact) mass is 386 g/mol. The second kappa shape index (κ2) is 7.81. The van der Waals surface area contributed by atoms with Crippen LogP contribution in [-0.4, -0.2) is 57.7 Å². The zero-order valence-corrected chi connectivity index (χ0v) is 16.3. The van der Waals surface area contributed by atoms with Gasteiger partial charge in [-0.2, -0.15) is 18.3 Å². The van der Waals surface area contributed by atoms with Crippen LogP contribution in [0.15, 0.2) is 0 Å². The van der Waals surface area contributed by atoms with Gasteiger partial charge in [0, 0.05) is 31.4 Å². The average Bonchev–Trinajstić information content (AvgIpc) is 2.99. The number of piperidine rings is 2. The van der Waals surface area contributed by atoms with E-state index in [1.807, 2.05) is 0 Å². The van der Waals surface area contributed by atoms with E-state index in [-0.39, 0.29) is 11.6 Å². The number of nitrogens with zero attached hydrogens (tertiary/aromatic N) is 4. The number of hydrogen-bond donors (Lipinski definition) is 0. The van der Waals surface area contributed by atoms with Gasteiger partial charge >= 0.3 is 6.18 Å². The van der Waals surface area contributed by atoms with E-state index in [1.165, 1.54) is 4.68 Å². The van der Waals surface area contributed by atoms with Gasteiger partial charge in [0.15, 0.2) is 5.69 Å². The largest absolute Gasteiger partial charge is 0.435 e. The molecule has 0 N–H and O–H groups in total. The Morgan fingerprint density at radius 3 is 2.37 bits per heavy atom. The van der Waals surface area contributed by atoms with Gasteiger partial charge in [0.2, 0.25) is 0 Å². The zero-order valence-electron chi connectivity index (χ0n) is 16.3. The number of carbonyl (C=O) groups is 1. The van der Waals surface area contributed by atoms with Gasteiger partial charge in [-0.3, -0.25) is 14.4 Å². The van der Waals surface area contributed by atoms with Crippen molar-refractivity contribution in [3.8, 4) is 0 Å². The summed E-state index contributed by atoms with van der Waals surface area (Å²) in [6.45, 7) is 8.43. The van der Waals surface area contributed by atoms with Crippen LogP contribution in [-0.2, 0) is 6.18 Å². The molecule has 2 aliphatic heterocycles. The smallest absolute Gasteiger partial charge is 0.339 e. The fourth-order valence-corrected chi connectivity index (χ4v) is 4.24. The lowest BCUT2D eigenvalue weighted by molar-refractivity contribution is -0.142. The Labute approximate surface area is 158 Å². The highest BCUT2D eigenvalue weighted by atomic mass is 19.4. The Kier molecular flexibility index (Phi) is 5.84. The van der Waals surface area contributed by atoms with Crippen molar-refractivity contribution in [1.29, 1.82) is 0 Å². The predicted octanol–water partition coefficient (Wildman–Crippen LogP) is 3.88. The van der Waals surface area contributed by atoms with Crippen LogP contribution in [0.4, 0.5) is 13.2 Å². The molecular weight excluding hydrogens is 357 g/mol. The summed E-state index contributed by atoms with van der Waals surface area (Å²) in [5.74, 6) is -0.526. The minimum absolute atomic E-state index is 0.134. The van der Waals surface area contributed by atoms with Crippen LogP contribution in [0.25, 0.3) is 0 Å². The Bertz CT molecular complexity index is 677. The number of alkyl halides is 3. The molecular formula is C19H29F3N4O. The zero-order chi connectivity index (χ0) is 19.8. The topological polar surface area (TPSA) is 41.4 Å². The SMILES string of the molecule is Cc1c(C(=O)N2CCCCC2)c(C(F)(F)F)nn1[C@@H]1CCCN(C(C)C)C1. The van der Waals surface area contributed by atoms with E-state index in [4.69, 9.17) is 0 Å². The summed E-state index contributed by atoms with van der Waals surface area (Å²) in [5.41, 5.74) is -0.947. The first-order valence-corrected chi connectivity index (χ1v) is 9.89. The lowest BCUT2D eigenvalue weighted by Gasteiger charge is -2.36. The Hall–Kier alpha value is -1.57. The number of hydrogen-bond acceptors (Lipinski definition) is 3. The summed E-state index contributed by atoms with van der Waals surface area (Å²) in [5, 5.41) is 3.93. The molecule has 2 fully saturated rings. The molecule has 1 aromatic heterocycles. The first-order valence-electron chi connectivity index (χ1n) is 9.89. The highest BCUT2D eigenvalue weighted by Crippen LogP contribution is 2.36. The molecule has 1 atom stereocenters. The van der Waals surface area contributed by atoms with Gasteiger partial charge < -0.3 is 4.90 Å². The van der Waals surface area contributed by atoms with Gasteiger partial charge in [-0.1, -0.05) is 0 Å². The van der Waals surface area contributed by atoms with Crippen molar-refractivity contribution >= 4 is 5.91 Å². The van der Waals surface area contributed by atoms with E-state index in [1.54, 1.807) is 11.8 Å². The van der Waals surface area contributed by atoms with Crippen LogP contribution in [0.5, 0.6) is 0 Å². The Balaban J connectivity index is 1.96. The molecule has 0 bridgehead atoms. The molecule has 0 radical (unpaired) electrons. The van der Waals surface area contributed by atoms with Gasteiger partial charge in [0.1, 0.15) is 0 Å². The van der Waals surface area contributed by atoms with E-state index in [2.05, 4.69) is 23.8 Å². The number of aromatic nitrogens is 2. The standard InChI is InChI=1S/C19H29F3N4O/c1-13(2)25-11-7-8-15(12-25)26-14(3)16(17(23-26)19(20,21)22)18(27)24-9-5-4-6-10-24/h13,15H,4-12H2,1-3H3/t15-/m1/s1. The molecule has 1 aromatic rings. The first-order chi connectivity index (χ1) is 12.7. The van der Waals surface area contributed by atoms with E-state index >= 15 is 0 Å². The summed E-state index contributed by atoms with van der Waals surface area (Å²) in [6, 6.07) is 0.199. The maximum absolute atomic E-state index is 13.7. The second-order valence-electron chi connectivity index (χ2n) is 7.99. The van der Waals surface area contributed by atoms with Crippen molar-refractivity contribution in [2.24, 2.45) is 0 Å². The van der Waals surface area contributed by atoms with Crippen molar-refractivity contribution in [1.82, 2.24) is 19.6 Å². The van der Waals surface area contributed by atoms with Crippen molar-refractivity contribution in [2.75, 3.05) is 26.2 Å². The van der Waals surface area contributed by atoms with Crippen molar-refractivity contribution < 1.29 is 18.0 Å². The Morgan fingerprint density at radius 1 is 1.11 bits per heavy atom. The molecule has 0 unspecified atom stereocenters. The number of rotatable bonds is 3. The molecule has 3 heterocycles. The third-order valence-corrected chi connectivity index (χ3v) is 5.78. The van der Waals surface area contributed by atoms with Crippen molar-refractivity contribution in [2.45, 2.75) is 71.1 Å². The molecule has 0 aliphatic carbocycles. The second-order valence-corrected chi connectivity index (χ2v) is 7.99. The predicted molar refractivity (Wildman–Crippen MR) is 96.7 cm³/mol. The molecule has 0 saturated carbocycles. The van der Waals surface area contributed by atoms with Crippen LogP contribution >= 0.6 is 0 Å². The lowest BCUT2D eigenvalue weighted by atomic mass is 10.0. The van der Waals surface area contributed by atoms with Crippen LogP contribution in [0.1, 0.15) is 73.7 Å². The third-order valence-electron chi connectivity index (χ3n) is 5.78. The maximum Gasteiger partial charge on any atom is 0.435 e. The van der Waals surface area contributed by atoms with E-state index in [9.17, 15) is 18.0 Å². The van der Waals surface area contributed by atoms with Crippen LogP contribution < -0.4 is 0 Å². The number of carbonyl (C=O) groups excluding carboxylic acids is 1. The fraction of sp³-hybridized carbons (Fsp3) is 0.789. The van der Waals surface area contributed by atoms with Gasteiger partial charge in [0.05, 0.1) is 11.6 Å². The minimum atomic E-state index is -4.64. The van der Waals surface area contributed by atoms with Crippen LogP contribution in [0.2, 0.25) is 0 Å². The summed E-state index contributed by atoms with van der Waals surface area (Å²) in [7, 11) is 0. The van der Waals surface area contributed by atoms with Gasteiger partial charge in [-0.15, -0.1) is 0 Å².